The Kier molecular flexibility index (Phi) is 3.97. The van der Waals surface area contributed by atoms with Crippen molar-refractivity contribution in [2.75, 3.05) is 5.73 Å². The molecule has 2 N–H and O–H groups in total. The molecule has 0 spiro atoms. The molecule has 0 radical (unpaired) electrons. The van der Waals surface area contributed by atoms with E-state index in [4.69, 9.17) is 17.3 Å². The zero-order valence-corrected chi connectivity index (χ0v) is 11.2. The van der Waals surface area contributed by atoms with Crippen molar-refractivity contribution in [2.24, 2.45) is 0 Å². The van der Waals surface area contributed by atoms with Crippen molar-refractivity contribution in [3.63, 3.8) is 0 Å². The van der Waals surface area contributed by atoms with Gasteiger partial charge < -0.3 is 5.73 Å². The van der Waals surface area contributed by atoms with E-state index in [1.807, 2.05) is 24.3 Å². The van der Waals surface area contributed by atoms with Gasteiger partial charge in [-0.15, -0.1) is 11.8 Å². The zero-order valence-electron chi connectivity index (χ0n) is 9.61. The van der Waals surface area contributed by atoms with Crippen LogP contribution in [0.1, 0.15) is 11.1 Å². The first kappa shape index (κ1) is 12.3. The number of nitrogens with two attached hydrogens (primary N) is 1. The van der Waals surface area contributed by atoms with Gasteiger partial charge in [0.1, 0.15) is 0 Å². The SMILES string of the molecule is Cc1c(N)cccc1SCc1ccc(Cl)cc1. The molecular weight excluding hydrogens is 250 g/mol. The first-order valence-electron chi connectivity index (χ1n) is 5.39. The summed E-state index contributed by atoms with van der Waals surface area (Å²) in [6, 6.07) is 14.0. The predicted molar refractivity (Wildman–Crippen MR) is 76.6 cm³/mol. The Morgan fingerprint density at radius 3 is 2.53 bits per heavy atom. The molecule has 0 fully saturated rings. The van der Waals surface area contributed by atoms with E-state index < -0.39 is 0 Å². The fourth-order valence-electron chi connectivity index (χ4n) is 1.53. The number of halogens is 1. The van der Waals surface area contributed by atoms with Gasteiger partial charge in [0.05, 0.1) is 0 Å². The molecule has 0 saturated heterocycles. The second-order valence-corrected chi connectivity index (χ2v) is 5.34. The largest absolute Gasteiger partial charge is 0.398 e. The lowest BCUT2D eigenvalue weighted by Gasteiger charge is -2.07. The number of hydrogen-bond acceptors (Lipinski definition) is 2. The molecule has 0 saturated carbocycles. The molecule has 0 aliphatic rings. The van der Waals surface area contributed by atoms with Gasteiger partial charge in [-0.1, -0.05) is 29.8 Å². The summed E-state index contributed by atoms with van der Waals surface area (Å²) in [7, 11) is 0. The van der Waals surface area contributed by atoms with Gasteiger partial charge in [0, 0.05) is 21.4 Å². The van der Waals surface area contributed by atoms with Gasteiger partial charge in [-0.25, -0.2) is 0 Å². The quantitative estimate of drug-likeness (QED) is 0.651. The Bertz CT molecular complexity index is 508. The van der Waals surface area contributed by atoms with Gasteiger partial charge in [0.15, 0.2) is 0 Å². The lowest BCUT2D eigenvalue weighted by molar-refractivity contribution is 1.29. The average Bonchev–Trinajstić information content (AvgIpc) is 2.33. The maximum absolute atomic E-state index is 5.88. The Labute approximate surface area is 111 Å². The minimum absolute atomic E-state index is 0.777. The predicted octanol–water partition coefficient (Wildman–Crippen LogP) is 4.52. The second-order valence-electron chi connectivity index (χ2n) is 3.89. The fraction of sp³-hybridized carbons (Fsp3) is 0.143. The van der Waals surface area contributed by atoms with Crippen LogP contribution in [0.3, 0.4) is 0 Å². The first-order chi connectivity index (χ1) is 8.16. The van der Waals surface area contributed by atoms with Crippen LogP contribution >= 0.6 is 23.4 Å². The minimum atomic E-state index is 0.777. The lowest BCUT2D eigenvalue weighted by Crippen LogP contribution is -1.91. The third-order valence-electron chi connectivity index (χ3n) is 2.63. The molecule has 1 nitrogen and oxygen atoms in total. The van der Waals surface area contributed by atoms with Crippen LogP contribution in [0.25, 0.3) is 0 Å². The summed E-state index contributed by atoms with van der Waals surface area (Å²) in [5.41, 5.74) is 9.16. The average molecular weight is 264 g/mol. The highest BCUT2D eigenvalue weighted by Gasteiger charge is 2.02. The normalized spacial score (nSPS) is 10.5. The maximum Gasteiger partial charge on any atom is 0.0406 e. The number of thioether (sulfide) groups is 1. The molecule has 0 amide bonds. The summed E-state index contributed by atoms with van der Waals surface area (Å²) in [4.78, 5) is 1.24. The monoisotopic (exact) mass is 263 g/mol. The summed E-state index contributed by atoms with van der Waals surface area (Å²) in [5, 5.41) is 0.777. The van der Waals surface area contributed by atoms with Crippen molar-refractivity contribution < 1.29 is 0 Å². The van der Waals surface area contributed by atoms with Crippen LogP contribution in [-0.2, 0) is 5.75 Å². The van der Waals surface area contributed by atoms with Gasteiger partial charge >= 0.3 is 0 Å². The van der Waals surface area contributed by atoms with Crippen LogP contribution in [0.4, 0.5) is 5.69 Å². The van der Waals surface area contributed by atoms with E-state index in [9.17, 15) is 0 Å². The Morgan fingerprint density at radius 2 is 1.82 bits per heavy atom. The van der Waals surface area contributed by atoms with E-state index in [2.05, 4.69) is 25.1 Å². The van der Waals surface area contributed by atoms with Crippen molar-refractivity contribution >= 4 is 29.1 Å². The number of anilines is 1. The fourth-order valence-corrected chi connectivity index (χ4v) is 2.68. The van der Waals surface area contributed by atoms with Gasteiger partial charge in [-0.05, 0) is 42.3 Å². The highest BCUT2D eigenvalue weighted by atomic mass is 35.5. The number of benzene rings is 2. The molecular formula is C14H14ClNS. The Morgan fingerprint density at radius 1 is 1.12 bits per heavy atom. The molecule has 2 aromatic carbocycles. The molecule has 0 aliphatic heterocycles. The van der Waals surface area contributed by atoms with Crippen molar-refractivity contribution in [3.8, 4) is 0 Å². The number of hydrogen-bond donors (Lipinski definition) is 1. The second kappa shape index (κ2) is 5.48. The molecule has 0 heterocycles. The summed E-state index contributed by atoms with van der Waals surface area (Å²) < 4.78 is 0. The van der Waals surface area contributed by atoms with Crippen LogP contribution in [-0.4, -0.2) is 0 Å². The molecule has 88 valence electrons. The molecule has 0 aliphatic carbocycles. The van der Waals surface area contributed by atoms with E-state index in [0.29, 0.717) is 0 Å². The first-order valence-corrected chi connectivity index (χ1v) is 6.75. The Hall–Kier alpha value is -1.12. The standard InChI is InChI=1S/C14H14ClNS/c1-10-13(16)3-2-4-14(10)17-9-11-5-7-12(15)8-6-11/h2-8H,9,16H2,1H3. The zero-order chi connectivity index (χ0) is 12.3. The number of nitrogen functional groups attached to an aromatic ring is 1. The van der Waals surface area contributed by atoms with E-state index in [1.54, 1.807) is 11.8 Å². The molecule has 0 bridgehead atoms. The van der Waals surface area contributed by atoms with Gasteiger partial charge in [-0.2, -0.15) is 0 Å². The van der Waals surface area contributed by atoms with E-state index in [1.165, 1.54) is 10.5 Å². The smallest absolute Gasteiger partial charge is 0.0406 e. The van der Waals surface area contributed by atoms with Crippen molar-refractivity contribution in [2.45, 2.75) is 17.6 Å². The third-order valence-corrected chi connectivity index (χ3v) is 4.12. The van der Waals surface area contributed by atoms with Gasteiger partial charge in [-0.3, -0.25) is 0 Å². The van der Waals surface area contributed by atoms with Gasteiger partial charge in [0.2, 0.25) is 0 Å². The van der Waals surface area contributed by atoms with E-state index in [0.717, 1.165) is 22.0 Å². The van der Waals surface area contributed by atoms with Crippen molar-refractivity contribution in [1.29, 1.82) is 0 Å². The van der Waals surface area contributed by atoms with Crippen LogP contribution < -0.4 is 5.73 Å². The maximum atomic E-state index is 5.88. The van der Waals surface area contributed by atoms with Crippen molar-refractivity contribution in [1.82, 2.24) is 0 Å². The molecule has 2 rings (SSSR count). The minimum Gasteiger partial charge on any atom is -0.398 e. The van der Waals surface area contributed by atoms with Crippen LogP contribution in [0.15, 0.2) is 47.4 Å². The highest BCUT2D eigenvalue weighted by Crippen LogP contribution is 2.29. The topological polar surface area (TPSA) is 26.0 Å². The molecule has 0 unspecified atom stereocenters. The third kappa shape index (κ3) is 3.18. The molecule has 3 heteroatoms. The van der Waals surface area contributed by atoms with Crippen LogP contribution in [0.5, 0.6) is 0 Å². The molecule has 0 aromatic heterocycles. The van der Waals surface area contributed by atoms with Crippen molar-refractivity contribution in [3.05, 3.63) is 58.6 Å². The van der Waals surface area contributed by atoms with Gasteiger partial charge in [0.25, 0.3) is 0 Å². The highest BCUT2D eigenvalue weighted by molar-refractivity contribution is 7.98. The molecule has 0 atom stereocenters. The van der Waals surface area contributed by atoms with Crippen LogP contribution in [0, 0.1) is 6.92 Å². The number of rotatable bonds is 3. The summed E-state index contributed by atoms with van der Waals surface area (Å²) in [5.74, 6) is 0.932. The Balaban J connectivity index is 2.07. The lowest BCUT2D eigenvalue weighted by atomic mass is 10.2. The van der Waals surface area contributed by atoms with E-state index in [-0.39, 0.29) is 0 Å². The summed E-state index contributed by atoms with van der Waals surface area (Å²) in [6.45, 7) is 2.06. The van der Waals surface area contributed by atoms with Crippen LogP contribution in [0.2, 0.25) is 5.02 Å². The molecule has 2 aromatic rings. The molecule has 17 heavy (non-hydrogen) atoms. The summed E-state index contributed by atoms with van der Waals surface area (Å²) in [6.07, 6.45) is 0. The summed E-state index contributed by atoms with van der Waals surface area (Å²) >= 11 is 7.65. The van der Waals surface area contributed by atoms with E-state index >= 15 is 0 Å².